The molecule has 0 saturated carbocycles. The second kappa shape index (κ2) is 7.84. The van der Waals surface area contributed by atoms with Crippen LogP contribution in [-0.4, -0.2) is 61.2 Å². The molecule has 0 radical (unpaired) electrons. The molecule has 1 atom stereocenters. The molecule has 3 rings (SSSR count). The van der Waals surface area contributed by atoms with Gasteiger partial charge in [-0.05, 0) is 30.5 Å². The van der Waals surface area contributed by atoms with Crippen LogP contribution in [-0.2, 0) is 21.0 Å². The average molecular weight is 347 g/mol. The zero-order chi connectivity index (χ0) is 17.8. The van der Waals surface area contributed by atoms with Gasteiger partial charge in [-0.15, -0.1) is 0 Å². The van der Waals surface area contributed by atoms with Crippen molar-refractivity contribution in [2.45, 2.75) is 32.4 Å². The van der Waals surface area contributed by atoms with E-state index in [-0.39, 0.29) is 18.2 Å². The summed E-state index contributed by atoms with van der Waals surface area (Å²) in [6.45, 7) is 5.10. The van der Waals surface area contributed by atoms with Crippen LogP contribution in [0, 0.1) is 6.92 Å². The molecule has 2 fully saturated rings. The maximum absolute atomic E-state index is 12.4. The number of rotatable bonds is 5. The summed E-state index contributed by atoms with van der Waals surface area (Å²) in [5.74, 6) is 0.623. The fraction of sp³-hybridized carbons (Fsp3) is 0.556. The molecule has 7 heteroatoms. The van der Waals surface area contributed by atoms with Crippen molar-refractivity contribution in [3.63, 3.8) is 0 Å². The third-order valence-corrected chi connectivity index (χ3v) is 4.69. The number of nitrogens with one attached hydrogen (secondary N) is 1. The summed E-state index contributed by atoms with van der Waals surface area (Å²) >= 11 is 0. The smallest absolute Gasteiger partial charge is 0.248 e. The molecule has 1 aromatic carbocycles. The van der Waals surface area contributed by atoms with Gasteiger partial charge in [0.1, 0.15) is 5.75 Å². The Morgan fingerprint density at radius 2 is 2.24 bits per heavy atom. The van der Waals surface area contributed by atoms with Crippen molar-refractivity contribution >= 4 is 11.8 Å². The van der Waals surface area contributed by atoms with E-state index in [1.54, 1.807) is 7.11 Å². The van der Waals surface area contributed by atoms with Crippen molar-refractivity contribution in [3.05, 3.63) is 29.3 Å². The molecule has 2 saturated heterocycles. The molecule has 25 heavy (non-hydrogen) atoms. The molecule has 2 aliphatic heterocycles. The van der Waals surface area contributed by atoms with E-state index in [4.69, 9.17) is 9.57 Å². The Bertz CT molecular complexity index is 643. The van der Waals surface area contributed by atoms with E-state index < -0.39 is 6.04 Å². The molecule has 7 nitrogen and oxygen atoms in total. The fourth-order valence-electron chi connectivity index (χ4n) is 3.36. The van der Waals surface area contributed by atoms with Gasteiger partial charge in [0.2, 0.25) is 11.8 Å². The summed E-state index contributed by atoms with van der Waals surface area (Å²) < 4.78 is 5.30. The van der Waals surface area contributed by atoms with Gasteiger partial charge < -0.3 is 10.1 Å². The highest BCUT2D eigenvalue weighted by Gasteiger charge is 2.33. The van der Waals surface area contributed by atoms with Crippen molar-refractivity contribution in [2.24, 2.45) is 0 Å². The van der Waals surface area contributed by atoms with Crippen molar-refractivity contribution in [1.29, 1.82) is 0 Å². The molecule has 0 spiro atoms. The van der Waals surface area contributed by atoms with Crippen molar-refractivity contribution in [1.82, 2.24) is 15.3 Å². The number of hydroxylamine groups is 2. The fourth-order valence-corrected chi connectivity index (χ4v) is 3.36. The number of benzene rings is 1. The maximum Gasteiger partial charge on any atom is 0.248 e. The van der Waals surface area contributed by atoms with Gasteiger partial charge in [0.05, 0.1) is 32.7 Å². The van der Waals surface area contributed by atoms with E-state index in [0.29, 0.717) is 26.2 Å². The molecule has 1 aromatic rings. The number of carbonyl (C=O) groups excluding carboxylic acids is 2. The molecule has 0 aliphatic carbocycles. The summed E-state index contributed by atoms with van der Waals surface area (Å²) in [6.07, 6.45) is 0.985. The Hall–Kier alpha value is -2.12. The lowest BCUT2D eigenvalue weighted by molar-refractivity contribution is -0.171. The molecule has 2 amide bonds. The largest absolute Gasteiger partial charge is 0.496 e. The molecular formula is C18H25N3O4. The lowest BCUT2D eigenvalue weighted by Gasteiger charge is -2.35. The van der Waals surface area contributed by atoms with Crippen molar-refractivity contribution < 1.29 is 19.2 Å². The minimum atomic E-state index is -0.465. The number of hydrogen-bond acceptors (Lipinski definition) is 5. The van der Waals surface area contributed by atoms with Gasteiger partial charge in [0.25, 0.3) is 0 Å². The first-order valence-corrected chi connectivity index (χ1v) is 8.67. The Kier molecular flexibility index (Phi) is 5.55. The molecule has 0 aromatic heterocycles. The highest BCUT2D eigenvalue weighted by molar-refractivity contribution is 5.88. The Morgan fingerprint density at radius 3 is 2.92 bits per heavy atom. The predicted molar refractivity (Wildman–Crippen MR) is 91.8 cm³/mol. The van der Waals surface area contributed by atoms with Gasteiger partial charge >= 0.3 is 0 Å². The van der Waals surface area contributed by atoms with E-state index in [9.17, 15) is 9.59 Å². The third-order valence-electron chi connectivity index (χ3n) is 4.69. The highest BCUT2D eigenvalue weighted by Crippen LogP contribution is 2.21. The van der Waals surface area contributed by atoms with Crippen LogP contribution < -0.4 is 10.1 Å². The summed E-state index contributed by atoms with van der Waals surface area (Å²) in [4.78, 5) is 32.1. The van der Waals surface area contributed by atoms with Gasteiger partial charge in [-0.1, -0.05) is 12.1 Å². The first kappa shape index (κ1) is 17.7. The van der Waals surface area contributed by atoms with Gasteiger partial charge in [0, 0.05) is 19.6 Å². The van der Waals surface area contributed by atoms with Crippen LogP contribution in [0.1, 0.15) is 24.0 Å². The molecule has 0 unspecified atom stereocenters. The van der Waals surface area contributed by atoms with Crippen LogP contribution in [0.2, 0.25) is 0 Å². The predicted octanol–water partition coefficient (Wildman–Crippen LogP) is 0.858. The molecule has 2 heterocycles. The number of piperazine rings is 1. The van der Waals surface area contributed by atoms with Gasteiger partial charge in [-0.25, -0.2) is 5.06 Å². The Morgan fingerprint density at radius 1 is 1.40 bits per heavy atom. The summed E-state index contributed by atoms with van der Waals surface area (Å²) in [5.41, 5.74) is 2.16. The van der Waals surface area contributed by atoms with Gasteiger partial charge in [0.15, 0.2) is 0 Å². The monoisotopic (exact) mass is 347 g/mol. The van der Waals surface area contributed by atoms with Gasteiger partial charge in [-0.3, -0.25) is 19.3 Å². The number of methoxy groups -OCH3 is 1. The van der Waals surface area contributed by atoms with Crippen LogP contribution in [0.4, 0.5) is 0 Å². The average Bonchev–Trinajstić information content (AvgIpc) is 3.13. The SMILES string of the molecule is COc1ccc(CN2CCNC(=O)[C@@H]2CC(=O)N2CCCO2)cc1C. The molecule has 2 aliphatic rings. The van der Waals surface area contributed by atoms with E-state index in [2.05, 4.69) is 16.3 Å². The lowest BCUT2D eigenvalue weighted by Crippen LogP contribution is -2.56. The maximum atomic E-state index is 12.4. The topological polar surface area (TPSA) is 71.1 Å². The zero-order valence-electron chi connectivity index (χ0n) is 14.8. The highest BCUT2D eigenvalue weighted by atomic mass is 16.7. The van der Waals surface area contributed by atoms with Crippen molar-refractivity contribution in [3.8, 4) is 5.75 Å². The molecule has 0 bridgehead atoms. The number of carbonyl (C=O) groups is 2. The normalized spacial score (nSPS) is 21.3. The first-order valence-electron chi connectivity index (χ1n) is 8.67. The van der Waals surface area contributed by atoms with E-state index >= 15 is 0 Å². The number of hydrogen-bond donors (Lipinski definition) is 1. The molecule has 136 valence electrons. The van der Waals surface area contributed by atoms with Crippen LogP contribution in [0.5, 0.6) is 5.75 Å². The quantitative estimate of drug-likeness (QED) is 0.855. The number of nitrogens with zero attached hydrogens (tertiary/aromatic N) is 2. The van der Waals surface area contributed by atoms with Crippen LogP contribution in [0.3, 0.4) is 0 Å². The zero-order valence-corrected chi connectivity index (χ0v) is 14.8. The number of ether oxygens (including phenoxy) is 1. The minimum Gasteiger partial charge on any atom is -0.496 e. The van der Waals surface area contributed by atoms with E-state index in [1.807, 2.05) is 19.1 Å². The first-order chi connectivity index (χ1) is 12.1. The van der Waals surface area contributed by atoms with E-state index in [0.717, 1.165) is 29.8 Å². The van der Waals surface area contributed by atoms with Crippen molar-refractivity contribution in [2.75, 3.05) is 33.4 Å². The second-order valence-electron chi connectivity index (χ2n) is 6.47. The Labute approximate surface area is 147 Å². The standard InChI is InChI=1S/C18H25N3O4/c1-13-10-14(4-5-16(13)24-2)12-20-8-6-19-18(23)15(20)11-17(22)21-7-3-9-25-21/h4-5,10,15H,3,6-9,11-12H2,1-2H3,(H,19,23)/t15-/m0/s1. The minimum absolute atomic E-state index is 0.0935. The number of aryl methyl sites for hydroxylation is 1. The van der Waals surface area contributed by atoms with Gasteiger partial charge in [-0.2, -0.15) is 0 Å². The molecule has 1 N–H and O–H groups in total. The Balaban J connectivity index is 1.69. The van der Waals surface area contributed by atoms with Crippen LogP contribution in [0.15, 0.2) is 18.2 Å². The summed E-state index contributed by atoms with van der Waals surface area (Å²) in [6, 6.07) is 5.54. The third kappa shape index (κ3) is 4.11. The molecular weight excluding hydrogens is 322 g/mol. The van der Waals surface area contributed by atoms with Crippen LogP contribution >= 0.6 is 0 Å². The summed E-state index contributed by atoms with van der Waals surface area (Å²) in [7, 11) is 1.65. The summed E-state index contributed by atoms with van der Waals surface area (Å²) in [5, 5.41) is 4.25. The lowest BCUT2D eigenvalue weighted by atomic mass is 10.1. The second-order valence-corrected chi connectivity index (χ2v) is 6.47. The number of amides is 2. The van der Waals surface area contributed by atoms with Crippen LogP contribution in [0.25, 0.3) is 0 Å². The van der Waals surface area contributed by atoms with E-state index in [1.165, 1.54) is 5.06 Å².